The van der Waals surface area contributed by atoms with Gasteiger partial charge in [0.1, 0.15) is 5.82 Å². The molecule has 2 heterocycles. The van der Waals surface area contributed by atoms with Gasteiger partial charge in [0.15, 0.2) is 0 Å². The van der Waals surface area contributed by atoms with Gasteiger partial charge in [-0.05, 0) is 18.2 Å². The van der Waals surface area contributed by atoms with E-state index in [4.69, 9.17) is 9.84 Å². The van der Waals surface area contributed by atoms with Crippen LogP contribution in [-0.4, -0.2) is 65.1 Å². The average Bonchev–Trinajstić information content (AvgIpc) is 2.67. The van der Waals surface area contributed by atoms with Crippen molar-refractivity contribution in [1.29, 1.82) is 0 Å². The molecule has 0 unspecified atom stereocenters. The van der Waals surface area contributed by atoms with Crippen molar-refractivity contribution in [3.63, 3.8) is 0 Å². The van der Waals surface area contributed by atoms with Gasteiger partial charge >= 0.3 is 5.97 Å². The molecule has 1 aliphatic heterocycles. The van der Waals surface area contributed by atoms with Crippen molar-refractivity contribution < 1.29 is 23.8 Å². The van der Waals surface area contributed by atoms with E-state index in [9.17, 15) is 14.0 Å². The zero-order valence-corrected chi connectivity index (χ0v) is 14.1. The first-order chi connectivity index (χ1) is 12.5. The van der Waals surface area contributed by atoms with Crippen molar-refractivity contribution >= 4 is 17.8 Å². The summed E-state index contributed by atoms with van der Waals surface area (Å²) < 4.78 is 19.2. The number of rotatable bonds is 4. The van der Waals surface area contributed by atoms with Crippen molar-refractivity contribution in [1.82, 2.24) is 14.9 Å². The molecule has 9 heteroatoms. The predicted octanol–water partition coefficient (Wildman–Crippen LogP) is 1.28. The molecule has 3 rings (SSSR count). The van der Waals surface area contributed by atoms with Gasteiger partial charge in [0.05, 0.1) is 18.2 Å². The largest absolute Gasteiger partial charge is 0.481 e. The third-order valence-corrected chi connectivity index (χ3v) is 4.12. The van der Waals surface area contributed by atoms with Crippen molar-refractivity contribution in [2.45, 2.75) is 0 Å². The lowest BCUT2D eigenvalue weighted by atomic mass is 10.1. The van der Waals surface area contributed by atoms with Crippen LogP contribution in [0, 0.1) is 5.82 Å². The highest BCUT2D eigenvalue weighted by atomic mass is 19.1. The Kier molecular flexibility index (Phi) is 4.97. The monoisotopic (exact) mass is 360 g/mol. The molecule has 1 aromatic heterocycles. The Bertz CT molecular complexity index is 837. The molecule has 0 spiro atoms. The number of aromatic nitrogens is 2. The number of piperazine rings is 1. The molecule has 1 saturated heterocycles. The van der Waals surface area contributed by atoms with E-state index in [1.54, 1.807) is 12.3 Å². The number of carboxylic acid groups (broad SMARTS) is 1. The first-order valence-corrected chi connectivity index (χ1v) is 7.93. The van der Waals surface area contributed by atoms with Gasteiger partial charge in [-0.1, -0.05) is 0 Å². The zero-order valence-electron chi connectivity index (χ0n) is 14.1. The number of hydrogen-bond acceptors (Lipinski definition) is 6. The van der Waals surface area contributed by atoms with Gasteiger partial charge < -0.3 is 19.6 Å². The molecule has 1 aromatic carbocycles. The number of amides is 1. The van der Waals surface area contributed by atoms with Crippen LogP contribution in [0.25, 0.3) is 0 Å². The molecule has 1 N–H and O–H groups in total. The molecule has 0 radical (unpaired) electrons. The summed E-state index contributed by atoms with van der Waals surface area (Å²) in [4.78, 5) is 35.3. The number of carbonyl (C=O) groups is 2. The molecule has 1 aliphatic rings. The summed E-state index contributed by atoms with van der Waals surface area (Å²) in [5.41, 5.74) is -0.333. The van der Waals surface area contributed by atoms with E-state index in [2.05, 4.69) is 9.97 Å². The number of carboxylic acids is 1. The second-order valence-electron chi connectivity index (χ2n) is 5.68. The topological polar surface area (TPSA) is 95.9 Å². The first kappa shape index (κ1) is 17.6. The van der Waals surface area contributed by atoms with E-state index in [1.807, 2.05) is 4.90 Å². The average molecular weight is 360 g/mol. The van der Waals surface area contributed by atoms with Crippen LogP contribution >= 0.6 is 0 Å². The highest BCUT2D eigenvalue weighted by Gasteiger charge is 2.25. The number of aromatic carboxylic acids is 1. The summed E-state index contributed by atoms with van der Waals surface area (Å²) in [7, 11) is 1.52. The van der Waals surface area contributed by atoms with Crippen LogP contribution in [0.2, 0.25) is 0 Å². The van der Waals surface area contributed by atoms with Crippen LogP contribution in [0.4, 0.5) is 10.3 Å². The lowest BCUT2D eigenvalue weighted by molar-refractivity contribution is 0.0691. The first-order valence-electron chi connectivity index (χ1n) is 7.93. The summed E-state index contributed by atoms with van der Waals surface area (Å²) >= 11 is 0. The standard InChI is InChI=1S/C17H17FN4O4/c1-26-14-4-5-19-17(20-14)22-8-6-21(7-9-22)15(23)12-3-2-11(16(24)25)10-13(12)18/h2-5,10H,6-9H2,1H3,(H,24,25). The van der Waals surface area contributed by atoms with Gasteiger partial charge in [-0.2, -0.15) is 4.98 Å². The quantitative estimate of drug-likeness (QED) is 0.877. The van der Waals surface area contributed by atoms with Gasteiger partial charge in [-0.15, -0.1) is 0 Å². The molecule has 0 aliphatic carbocycles. The molecular formula is C17H17FN4O4. The summed E-state index contributed by atoms with van der Waals surface area (Å²) in [5.74, 6) is -1.59. The maximum Gasteiger partial charge on any atom is 0.335 e. The van der Waals surface area contributed by atoms with Crippen LogP contribution in [0.1, 0.15) is 20.7 Å². The second kappa shape index (κ2) is 7.34. The highest BCUT2D eigenvalue weighted by Crippen LogP contribution is 2.17. The van der Waals surface area contributed by atoms with Crippen LogP contribution in [0.5, 0.6) is 5.88 Å². The molecule has 1 amide bonds. The highest BCUT2D eigenvalue weighted by molar-refractivity contribution is 5.96. The molecule has 1 fully saturated rings. The number of hydrogen-bond donors (Lipinski definition) is 1. The smallest absolute Gasteiger partial charge is 0.335 e. The fourth-order valence-corrected chi connectivity index (χ4v) is 2.70. The Morgan fingerprint density at radius 3 is 2.54 bits per heavy atom. The summed E-state index contributed by atoms with van der Waals surface area (Å²) in [6.07, 6.45) is 1.60. The zero-order chi connectivity index (χ0) is 18.7. The minimum atomic E-state index is -1.24. The number of nitrogens with zero attached hydrogens (tertiary/aromatic N) is 4. The van der Waals surface area contributed by atoms with Crippen LogP contribution in [0.3, 0.4) is 0 Å². The Morgan fingerprint density at radius 1 is 1.19 bits per heavy atom. The lowest BCUT2D eigenvalue weighted by Gasteiger charge is -2.34. The van der Waals surface area contributed by atoms with Gasteiger partial charge in [-0.25, -0.2) is 14.2 Å². The van der Waals surface area contributed by atoms with E-state index in [1.165, 1.54) is 24.1 Å². The summed E-state index contributed by atoms with van der Waals surface area (Å²) in [5, 5.41) is 8.87. The summed E-state index contributed by atoms with van der Waals surface area (Å²) in [6.45, 7) is 1.74. The van der Waals surface area contributed by atoms with Crippen molar-refractivity contribution in [3.05, 3.63) is 47.4 Å². The van der Waals surface area contributed by atoms with E-state index in [-0.39, 0.29) is 11.1 Å². The Hall–Kier alpha value is -3.23. The van der Waals surface area contributed by atoms with Crippen LogP contribution in [-0.2, 0) is 0 Å². The third-order valence-electron chi connectivity index (χ3n) is 4.12. The minimum absolute atomic E-state index is 0.138. The minimum Gasteiger partial charge on any atom is -0.481 e. The second-order valence-corrected chi connectivity index (χ2v) is 5.68. The van der Waals surface area contributed by atoms with Crippen molar-refractivity contribution in [2.75, 3.05) is 38.2 Å². The van der Waals surface area contributed by atoms with Crippen LogP contribution in [0.15, 0.2) is 30.5 Å². The van der Waals surface area contributed by atoms with Crippen LogP contribution < -0.4 is 9.64 Å². The van der Waals surface area contributed by atoms with Gasteiger partial charge in [0.2, 0.25) is 11.8 Å². The molecule has 0 bridgehead atoms. The molecular weight excluding hydrogens is 343 g/mol. The number of benzene rings is 1. The van der Waals surface area contributed by atoms with E-state index < -0.39 is 17.7 Å². The molecule has 0 atom stereocenters. The lowest BCUT2D eigenvalue weighted by Crippen LogP contribution is -2.49. The number of carbonyl (C=O) groups excluding carboxylic acids is 1. The number of methoxy groups -OCH3 is 1. The molecule has 2 aromatic rings. The third kappa shape index (κ3) is 3.56. The van der Waals surface area contributed by atoms with E-state index in [0.717, 1.165) is 6.07 Å². The fourth-order valence-electron chi connectivity index (χ4n) is 2.70. The molecule has 0 saturated carbocycles. The predicted molar refractivity (Wildman–Crippen MR) is 90.1 cm³/mol. The van der Waals surface area contributed by atoms with Gasteiger partial charge in [0, 0.05) is 38.4 Å². The Labute approximate surface area is 148 Å². The SMILES string of the molecule is COc1ccnc(N2CCN(C(=O)c3ccc(C(=O)O)cc3F)CC2)n1. The van der Waals surface area contributed by atoms with Gasteiger partial charge in [0.25, 0.3) is 5.91 Å². The summed E-state index contributed by atoms with van der Waals surface area (Å²) in [6, 6.07) is 4.93. The normalized spacial score (nSPS) is 14.2. The van der Waals surface area contributed by atoms with Crippen molar-refractivity contribution in [2.24, 2.45) is 0 Å². The maximum absolute atomic E-state index is 14.1. The maximum atomic E-state index is 14.1. The van der Waals surface area contributed by atoms with E-state index in [0.29, 0.717) is 38.0 Å². The molecule has 8 nitrogen and oxygen atoms in total. The number of anilines is 1. The van der Waals surface area contributed by atoms with Crippen molar-refractivity contribution in [3.8, 4) is 5.88 Å². The number of halogens is 1. The van der Waals surface area contributed by atoms with E-state index >= 15 is 0 Å². The number of ether oxygens (including phenoxy) is 1. The molecule has 136 valence electrons. The molecule has 26 heavy (non-hydrogen) atoms. The van der Waals surface area contributed by atoms with Gasteiger partial charge in [-0.3, -0.25) is 4.79 Å². The Morgan fingerprint density at radius 2 is 1.92 bits per heavy atom. The fraction of sp³-hybridized carbons (Fsp3) is 0.294. The Balaban J connectivity index is 1.67.